The number of hydrogen-bond acceptors (Lipinski definition) is 2. The van der Waals surface area contributed by atoms with Crippen LogP contribution in [0.1, 0.15) is 20.7 Å². The molecule has 0 N–H and O–H groups in total. The summed E-state index contributed by atoms with van der Waals surface area (Å²) in [6.45, 7) is 1.31. The molecule has 0 aliphatic carbocycles. The van der Waals surface area contributed by atoms with Gasteiger partial charge in [0.15, 0.2) is 0 Å². The van der Waals surface area contributed by atoms with Crippen LogP contribution >= 0.6 is 0 Å². The van der Waals surface area contributed by atoms with Gasteiger partial charge in [-0.15, -0.1) is 0 Å². The minimum atomic E-state index is -0.876. The van der Waals surface area contributed by atoms with Crippen molar-refractivity contribution in [3.05, 3.63) is 83.4 Å². The molecule has 3 aromatic rings. The molecule has 1 aliphatic rings. The van der Waals surface area contributed by atoms with Gasteiger partial charge in [0.05, 0.1) is 5.56 Å². The molecular formula is C22H18F2N2O2. The Morgan fingerprint density at radius 1 is 0.714 bits per heavy atom. The van der Waals surface area contributed by atoms with E-state index in [0.717, 1.165) is 22.9 Å². The van der Waals surface area contributed by atoms with Crippen LogP contribution in [0.5, 0.6) is 0 Å². The Labute approximate surface area is 161 Å². The normalized spacial score (nSPS) is 14.4. The Hall–Kier alpha value is -3.28. The minimum Gasteiger partial charge on any atom is -0.335 e. The first-order chi connectivity index (χ1) is 13.5. The Balaban J connectivity index is 1.48. The van der Waals surface area contributed by atoms with E-state index in [9.17, 15) is 18.4 Å². The minimum absolute atomic E-state index is 0.0862. The summed E-state index contributed by atoms with van der Waals surface area (Å²) in [5.41, 5.74) is 0.470. The van der Waals surface area contributed by atoms with Gasteiger partial charge in [-0.1, -0.05) is 36.4 Å². The van der Waals surface area contributed by atoms with Gasteiger partial charge in [-0.05, 0) is 29.0 Å². The lowest BCUT2D eigenvalue weighted by molar-refractivity contribution is 0.0534. The predicted molar refractivity (Wildman–Crippen MR) is 102 cm³/mol. The fourth-order valence-corrected chi connectivity index (χ4v) is 3.53. The first kappa shape index (κ1) is 18.1. The van der Waals surface area contributed by atoms with E-state index in [1.807, 2.05) is 36.4 Å². The number of carbonyl (C=O) groups is 2. The molecule has 2 amide bonds. The molecule has 0 saturated carbocycles. The first-order valence-corrected chi connectivity index (χ1v) is 9.06. The maximum Gasteiger partial charge on any atom is 0.256 e. The van der Waals surface area contributed by atoms with E-state index >= 15 is 0 Å². The van der Waals surface area contributed by atoms with Crippen molar-refractivity contribution in [1.29, 1.82) is 0 Å². The maximum atomic E-state index is 13.9. The van der Waals surface area contributed by atoms with E-state index in [0.29, 0.717) is 37.8 Å². The van der Waals surface area contributed by atoms with Gasteiger partial charge in [-0.2, -0.15) is 0 Å². The van der Waals surface area contributed by atoms with Crippen molar-refractivity contribution in [1.82, 2.24) is 9.80 Å². The molecule has 1 heterocycles. The van der Waals surface area contributed by atoms with Gasteiger partial charge in [0.2, 0.25) is 0 Å². The maximum absolute atomic E-state index is 13.9. The summed E-state index contributed by atoms with van der Waals surface area (Å²) in [7, 11) is 0. The van der Waals surface area contributed by atoms with Crippen molar-refractivity contribution in [2.45, 2.75) is 0 Å². The number of benzene rings is 3. The summed E-state index contributed by atoms with van der Waals surface area (Å²) in [5, 5.41) is 1.89. The third-order valence-corrected chi connectivity index (χ3v) is 5.04. The quantitative estimate of drug-likeness (QED) is 0.680. The summed E-state index contributed by atoms with van der Waals surface area (Å²) in [6, 6.07) is 16.2. The number of nitrogens with zero attached hydrogens (tertiary/aromatic N) is 2. The van der Waals surface area contributed by atoms with Crippen LogP contribution in [-0.4, -0.2) is 47.8 Å². The topological polar surface area (TPSA) is 40.6 Å². The van der Waals surface area contributed by atoms with Crippen molar-refractivity contribution in [2.75, 3.05) is 26.2 Å². The van der Waals surface area contributed by atoms with Gasteiger partial charge in [0, 0.05) is 37.8 Å². The lowest BCUT2D eigenvalue weighted by Gasteiger charge is -2.35. The van der Waals surface area contributed by atoms with Crippen molar-refractivity contribution in [3.63, 3.8) is 0 Å². The Morgan fingerprint density at radius 2 is 1.32 bits per heavy atom. The van der Waals surface area contributed by atoms with Crippen LogP contribution in [0, 0.1) is 11.6 Å². The van der Waals surface area contributed by atoms with E-state index in [2.05, 4.69) is 0 Å². The monoisotopic (exact) mass is 380 g/mol. The van der Waals surface area contributed by atoms with Crippen LogP contribution in [0.15, 0.2) is 60.7 Å². The average molecular weight is 380 g/mol. The van der Waals surface area contributed by atoms with Crippen LogP contribution in [0.3, 0.4) is 0 Å². The van der Waals surface area contributed by atoms with Crippen LogP contribution in [-0.2, 0) is 0 Å². The van der Waals surface area contributed by atoms with E-state index in [1.165, 1.54) is 4.90 Å². The summed E-state index contributed by atoms with van der Waals surface area (Å²) in [6.07, 6.45) is 0. The number of carbonyl (C=O) groups excluding carboxylic acids is 2. The van der Waals surface area contributed by atoms with E-state index in [1.54, 1.807) is 11.0 Å². The summed E-state index contributed by atoms with van der Waals surface area (Å²) in [5.74, 6) is -2.18. The van der Waals surface area contributed by atoms with Gasteiger partial charge in [-0.25, -0.2) is 8.78 Å². The van der Waals surface area contributed by atoms with Crippen molar-refractivity contribution >= 4 is 22.6 Å². The fourth-order valence-electron chi connectivity index (χ4n) is 3.53. The van der Waals surface area contributed by atoms with E-state index in [4.69, 9.17) is 0 Å². The Kier molecular flexibility index (Phi) is 4.77. The highest BCUT2D eigenvalue weighted by Gasteiger charge is 2.27. The summed E-state index contributed by atoms with van der Waals surface area (Å²) < 4.78 is 26.9. The molecule has 0 spiro atoms. The number of hydrogen-bond donors (Lipinski definition) is 0. The predicted octanol–water partition coefficient (Wildman–Crippen LogP) is 3.72. The van der Waals surface area contributed by atoms with Gasteiger partial charge in [-0.3, -0.25) is 9.59 Å². The lowest BCUT2D eigenvalue weighted by Crippen LogP contribution is -2.50. The third-order valence-electron chi connectivity index (χ3n) is 5.04. The lowest BCUT2D eigenvalue weighted by atomic mass is 10.0. The fraction of sp³-hybridized carbons (Fsp3) is 0.182. The largest absolute Gasteiger partial charge is 0.335 e. The van der Waals surface area contributed by atoms with Gasteiger partial charge >= 0.3 is 0 Å². The van der Waals surface area contributed by atoms with Crippen LogP contribution in [0.25, 0.3) is 10.8 Å². The van der Waals surface area contributed by atoms with Crippen molar-refractivity contribution in [2.24, 2.45) is 0 Å². The second kappa shape index (κ2) is 7.38. The second-order valence-electron chi connectivity index (χ2n) is 6.74. The third kappa shape index (κ3) is 3.33. The number of rotatable bonds is 2. The molecule has 4 rings (SSSR count). The SMILES string of the molecule is O=C(c1ccc(F)cc1F)N1CCN(C(=O)c2cccc3ccccc23)CC1. The molecule has 28 heavy (non-hydrogen) atoms. The molecule has 1 aliphatic heterocycles. The van der Waals surface area contributed by atoms with Gasteiger partial charge in [0.25, 0.3) is 11.8 Å². The molecule has 1 fully saturated rings. The first-order valence-electron chi connectivity index (χ1n) is 9.06. The van der Waals surface area contributed by atoms with Crippen LogP contribution in [0.4, 0.5) is 8.78 Å². The summed E-state index contributed by atoms with van der Waals surface area (Å²) >= 11 is 0. The second-order valence-corrected chi connectivity index (χ2v) is 6.74. The smallest absolute Gasteiger partial charge is 0.256 e. The Bertz CT molecular complexity index is 1050. The zero-order valence-corrected chi connectivity index (χ0v) is 15.1. The van der Waals surface area contributed by atoms with Gasteiger partial charge < -0.3 is 9.80 Å². The molecule has 142 valence electrons. The standard InChI is InChI=1S/C22H18F2N2O2/c23-16-8-9-19(20(24)14-16)22(28)26-12-10-25(11-13-26)21(27)18-7-3-5-15-4-1-2-6-17(15)18/h1-9,14H,10-13H2. The molecule has 0 atom stereocenters. The highest BCUT2D eigenvalue weighted by atomic mass is 19.1. The molecular weight excluding hydrogens is 362 g/mol. The van der Waals surface area contributed by atoms with Crippen molar-refractivity contribution < 1.29 is 18.4 Å². The zero-order chi connectivity index (χ0) is 19.7. The molecule has 0 unspecified atom stereocenters. The molecule has 6 heteroatoms. The molecule has 3 aromatic carbocycles. The molecule has 0 bridgehead atoms. The van der Waals surface area contributed by atoms with E-state index < -0.39 is 17.5 Å². The van der Waals surface area contributed by atoms with Crippen molar-refractivity contribution in [3.8, 4) is 0 Å². The van der Waals surface area contributed by atoms with E-state index in [-0.39, 0.29) is 11.5 Å². The summed E-state index contributed by atoms with van der Waals surface area (Å²) in [4.78, 5) is 28.7. The van der Waals surface area contributed by atoms with Crippen LogP contribution in [0.2, 0.25) is 0 Å². The number of fused-ring (bicyclic) bond motifs is 1. The molecule has 4 nitrogen and oxygen atoms in total. The zero-order valence-electron chi connectivity index (χ0n) is 15.1. The average Bonchev–Trinajstić information content (AvgIpc) is 2.72. The van der Waals surface area contributed by atoms with Crippen LogP contribution < -0.4 is 0 Å². The number of halogens is 2. The highest BCUT2D eigenvalue weighted by Crippen LogP contribution is 2.21. The number of amides is 2. The van der Waals surface area contributed by atoms with Gasteiger partial charge in [0.1, 0.15) is 11.6 Å². The highest BCUT2D eigenvalue weighted by molar-refractivity contribution is 6.07. The molecule has 0 radical (unpaired) electrons. The molecule has 1 saturated heterocycles. The number of piperazine rings is 1. The Morgan fingerprint density at radius 3 is 2.00 bits per heavy atom. The molecule has 0 aromatic heterocycles.